The number of anilines is 2. The van der Waals surface area contributed by atoms with E-state index in [1.807, 2.05) is 4.90 Å². The third kappa shape index (κ3) is 2.73. The topological polar surface area (TPSA) is 105 Å². The minimum Gasteiger partial charge on any atom is -0.382 e. The summed E-state index contributed by atoms with van der Waals surface area (Å²) < 4.78 is 27.0. The van der Waals surface area contributed by atoms with E-state index >= 15 is 0 Å². The van der Waals surface area contributed by atoms with Crippen LogP contribution in [0.5, 0.6) is 0 Å². The predicted octanol–water partition coefficient (Wildman–Crippen LogP) is -0.148. The van der Waals surface area contributed by atoms with Crippen molar-refractivity contribution in [2.24, 2.45) is 0 Å². The second-order valence-electron chi connectivity index (χ2n) is 5.13. The number of nitrogens with two attached hydrogens (primary N) is 1. The summed E-state index contributed by atoms with van der Waals surface area (Å²) in [6.45, 7) is 0.765. The van der Waals surface area contributed by atoms with Crippen molar-refractivity contribution in [1.29, 1.82) is 0 Å². The fraction of sp³-hybridized carbons (Fsp3) is 0.636. The van der Waals surface area contributed by atoms with Gasteiger partial charge in [-0.3, -0.25) is 4.79 Å². The molecule has 0 unspecified atom stereocenters. The Balaban J connectivity index is 1.81. The first-order valence-electron chi connectivity index (χ1n) is 6.48. The van der Waals surface area contributed by atoms with E-state index in [4.69, 9.17) is 5.73 Å². The van der Waals surface area contributed by atoms with Gasteiger partial charge in [0.05, 0.1) is 11.5 Å². The number of nitrogens with zero attached hydrogens (tertiary/aromatic N) is 2. The molecule has 2 heterocycles. The Morgan fingerprint density at radius 3 is 2.60 bits per heavy atom. The van der Waals surface area contributed by atoms with Crippen molar-refractivity contribution >= 4 is 38.1 Å². The van der Waals surface area contributed by atoms with Crippen molar-refractivity contribution in [1.82, 2.24) is 9.69 Å². The summed E-state index contributed by atoms with van der Waals surface area (Å²) in [7, 11) is -2.95. The smallest absolute Gasteiger partial charge is 0.258 e. The van der Waals surface area contributed by atoms with E-state index in [9.17, 15) is 13.2 Å². The van der Waals surface area contributed by atoms with Crippen LogP contribution in [0.25, 0.3) is 0 Å². The van der Waals surface area contributed by atoms with E-state index in [1.54, 1.807) is 0 Å². The molecule has 2 fully saturated rings. The fourth-order valence-corrected chi connectivity index (χ4v) is 4.19. The van der Waals surface area contributed by atoms with Gasteiger partial charge in [0.25, 0.3) is 5.91 Å². The average Bonchev–Trinajstić information content (AvgIpc) is 3.10. The summed E-state index contributed by atoms with van der Waals surface area (Å²) >= 11 is 1.15. The summed E-state index contributed by atoms with van der Waals surface area (Å²) in [5.74, 6) is 0.224. The lowest BCUT2D eigenvalue weighted by Gasteiger charge is -2.27. The van der Waals surface area contributed by atoms with Gasteiger partial charge in [-0.1, -0.05) is 0 Å². The van der Waals surface area contributed by atoms with Crippen LogP contribution in [0.15, 0.2) is 0 Å². The molecule has 1 saturated carbocycles. The highest BCUT2D eigenvalue weighted by atomic mass is 32.2. The molecule has 1 aliphatic heterocycles. The molecule has 110 valence electrons. The summed E-state index contributed by atoms with van der Waals surface area (Å²) in [6, 6.07) is 0.247. The molecule has 0 bridgehead atoms. The second-order valence-corrected chi connectivity index (χ2v) is 8.19. The minimum atomic E-state index is -2.95. The molecule has 3 N–H and O–H groups in total. The Hall–Kier alpha value is -1.35. The third-order valence-electron chi connectivity index (χ3n) is 3.47. The molecule has 1 saturated heterocycles. The number of carbonyl (C=O) groups excluding carboxylic acids is 1. The van der Waals surface area contributed by atoms with Crippen LogP contribution in [-0.4, -0.2) is 49.3 Å². The second kappa shape index (κ2) is 4.88. The molecule has 1 amide bonds. The maximum Gasteiger partial charge on any atom is 0.258 e. The normalized spacial score (nSPS) is 21.7. The van der Waals surface area contributed by atoms with Gasteiger partial charge < -0.3 is 16.0 Å². The van der Waals surface area contributed by atoms with Crippen LogP contribution in [-0.2, 0) is 9.84 Å². The van der Waals surface area contributed by atoms with Crippen molar-refractivity contribution in [2.45, 2.75) is 18.9 Å². The Morgan fingerprint density at radius 1 is 1.35 bits per heavy atom. The van der Waals surface area contributed by atoms with Gasteiger partial charge >= 0.3 is 0 Å². The number of carbonyl (C=O) groups is 1. The fourth-order valence-electron chi connectivity index (χ4n) is 2.12. The third-order valence-corrected chi connectivity index (χ3v) is 6.00. The highest BCUT2D eigenvalue weighted by Gasteiger charge is 2.31. The van der Waals surface area contributed by atoms with Crippen LogP contribution < -0.4 is 16.0 Å². The van der Waals surface area contributed by atoms with Gasteiger partial charge in [0, 0.05) is 19.1 Å². The minimum absolute atomic E-state index is 0.106. The van der Waals surface area contributed by atoms with Gasteiger partial charge in [0.1, 0.15) is 10.6 Å². The molecule has 0 aromatic carbocycles. The molecule has 9 heteroatoms. The van der Waals surface area contributed by atoms with Crippen LogP contribution in [0.2, 0.25) is 0 Å². The lowest BCUT2D eigenvalue weighted by Crippen LogP contribution is -2.41. The SMILES string of the molecule is Nc1nsc(N2CCS(=O)(=O)CC2)c1C(=O)NC1CC1. The van der Waals surface area contributed by atoms with Gasteiger partial charge in [-0.15, -0.1) is 0 Å². The number of amides is 1. The predicted molar refractivity (Wildman–Crippen MR) is 77.9 cm³/mol. The number of hydrogen-bond acceptors (Lipinski definition) is 7. The number of aromatic nitrogens is 1. The van der Waals surface area contributed by atoms with Crippen molar-refractivity contribution in [3.05, 3.63) is 5.56 Å². The molecule has 7 nitrogen and oxygen atoms in total. The maximum absolute atomic E-state index is 12.2. The largest absolute Gasteiger partial charge is 0.382 e. The zero-order valence-corrected chi connectivity index (χ0v) is 12.5. The van der Waals surface area contributed by atoms with Crippen molar-refractivity contribution in [3.8, 4) is 0 Å². The number of nitrogens with one attached hydrogen (secondary N) is 1. The average molecular weight is 316 g/mol. The standard InChI is InChI=1S/C11H16N4O3S2/c12-9-8(10(16)13-7-1-2-7)11(19-14-9)15-3-5-20(17,18)6-4-15/h7H,1-6H2,(H2,12,14)(H,13,16). The first-order chi connectivity index (χ1) is 9.46. The highest BCUT2D eigenvalue weighted by Crippen LogP contribution is 2.32. The van der Waals surface area contributed by atoms with Crippen LogP contribution in [0.4, 0.5) is 10.8 Å². The number of nitrogen functional groups attached to an aromatic ring is 1. The molecular weight excluding hydrogens is 300 g/mol. The Kier molecular flexibility index (Phi) is 3.33. The van der Waals surface area contributed by atoms with Crippen molar-refractivity contribution < 1.29 is 13.2 Å². The first kappa shape index (κ1) is 13.6. The molecule has 1 aromatic heterocycles. The zero-order valence-electron chi connectivity index (χ0n) is 10.8. The first-order valence-corrected chi connectivity index (χ1v) is 9.07. The van der Waals surface area contributed by atoms with Crippen LogP contribution in [0.3, 0.4) is 0 Å². The summed E-state index contributed by atoms with van der Waals surface area (Å²) in [4.78, 5) is 14.1. The van der Waals surface area contributed by atoms with Crippen molar-refractivity contribution in [3.63, 3.8) is 0 Å². The van der Waals surface area contributed by atoms with E-state index in [2.05, 4.69) is 9.69 Å². The van der Waals surface area contributed by atoms with E-state index in [0.717, 1.165) is 24.4 Å². The van der Waals surface area contributed by atoms with E-state index in [1.165, 1.54) is 0 Å². The lowest BCUT2D eigenvalue weighted by atomic mass is 10.2. The lowest BCUT2D eigenvalue weighted by molar-refractivity contribution is 0.0952. The Morgan fingerprint density at radius 2 is 2.00 bits per heavy atom. The molecule has 0 spiro atoms. The molecule has 20 heavy (non-hydrogen) atoms. The highest BCUT2D eigenvalue weighted by molar-refractivity contribution is 7.91. The van der Waals surface area contributed by atoms with Gasteiger partial charge in [-0.2, -0.15) is 4.37 Å². The van der Waals surface area contributed by atoms with Gasteiger partial charge in [-0.25, -0.2) is 8.42 Å². The summed E-state index contributed by atoms with van der Waals surface area (Å²) in [5, 5.41) is 3.57. The van der Waals surface area contributed by atoms with Crippen molar-refractivity contribution in [2.75, 3.05) is 35.2 Å². The molecule has 3 rings (SSSR count). The Bertz CT molecular complexity index is 622. The molecule has 0 radical (unpaired) electrons. The van der Waals surface area contributed by atoms with E-state index < -0.39 is 9.84 Å². The van der Waals surface area contributed by atoms with Gasteiger partial charge in [0.15, 0.2) is 15.7 Å². The quantitative estimate of drug-likeness (QED) is 0.803. The summed E-state index contributed by atoms with van der Waals surface area (Å²) in [5.41, 5.74) is 6.18. The molecule has 0 atom stereocenters. The van der Waals surface area contributed by atoms with Gasteiger partial charge in [0.2, 0.25) is 0 Å². The molecule has 2 aliphatic rings. The molecule has 1 aromatic rings. The van der Waals surface area contributed by atoms with Crippen LogP contribution in [0.1, 0.15) is 23.2 Å². The Labute approximate surface area is 121 Å². The molecule has 1 aliphatic carbocycles. The van der Waals surface area contributed by atoms with Crippen LogP contribution in [0, 0.1) is 0 Å². The number of rotatable bonds is 3. The molecular formula is C11H16N4O3S2. The zero-order chi connectivity index (χ0) is 14.3. The number of hydrogen-bond donors (Lipinski definition) is 2. The van der Waals surface area contributed by atoms with Crippen LogP contribution >= 0.6 is 11.5 Å². The summed E-state index contributed by atoms with van der Waals surface area (Å²) in [6.07, 6.45) is 2.00. The monoisotopic (exact) mass is 316 g/mol. The number of sulfone groups is 1. The maximum atomic E-state index is 12.2. The van der Waals surface area contributed by atoms with Gasteiger partial charge in [-0.05, 0) is 24.4 Å². The van der Waals surface area contributed by atoms with E-state index in [-0.39, 0.29) is 29.3 Å². The van der Waals surface area contributed by atoms with E-state index in [0.29, 0.717) is 23.7 Å².